The second-order valence-corrected chi connectivity index (χ2v) is 7.13. The molecule has 2 aliphatic rings. The number of aliphatic hydroxyl groups is 1. The highest BCUT2D eigenvalue weighted by Crippen LogP contribution is 2.23. The van der Waals surface area contributed by atoms with Gasteiger partial charge in [-0.3, -0.25) is 0 Å². The number of carbonyl (C=O) groups is 1. The van der Waals surface area contributed by atoms with Crippen molar-refractivity contribution >= 4 is 6.09 Å². The van der Waals surface area contributed by atoms with E-state index in [4.69, 9.17) is 9.47 Å². The van der Waals surface area contributed by atoms with Gasteiger partial charge in [0.1, 0.15) is 5.60 Å². The van der Waals surface area contributed by atoms with Crippen LogP contribution in [0.3, 0.4) is 0 Å². The lowest BCUT2D eigenvalue weighted by molar-refractivity contribution is -0.0322. The van der Waals surface area contributed by atoms with Gasteiger partial charge in [0.15, 0.2) is 0 Å². The van der Waals surface area contributed by atoms with Crippen LogP contribution in [0.1, 0.15) is 40.0 Å². The van der Waals surface area contributed by atoms with Crippen LogP contribution in [0.5, 0.6) is 0 Å². The van der Waals surface area contributed by atoms with E-state index in [1.807, 2.05) is 20.8 Å². The molecule has 2 rings (SSSR count). The summed E-state index contributed by atoms with van der Waals surface area (Å²) in [5, 5.41) is 13.9. The summed E-state index contributed by atoms with van der Waals surface area (Å²) in [7, 11) is 0. The second kappa shape index (κ2) is 6.50. The minimum atomic E-state index is -0.735. The molecular weight excluding hydrogens is 272 g/mol. The molecule has 6 nitrogen and oxygen atoms in total. The molecule has 0 spiro atoms. The van der Waals surface area contributed by atoms with Crippen molar-refractivity contribution in [3.8, 4) is 0 Å². The molecule has 0 aromatic heterocycles. The Morgan fingerprint density at radius 3 is 2.62 bits per heavy atom. The number of hydrogen-bond donors (Lipinski definition) is 2. The van der Waals surface area contributed by atoms with Gasteiger partial charge in [-0.05, 0) is 40.0 Å². The van der Waals surface area contributed by atoms with E-state index in [-0.39, 0.29) is 6.09 Å². The molecule has 2 aliphatic heterocycles. The minimum Gasteiger partial charge on any atom is -0.444 e. The SMILES string of the molecule is CC(C)(C)OC(=O)N1CCC(O)(CNC2CCOC2)CC1. The normalized spacial score (nSPS) is 25.9. The Bertz CT molecular complexity index is 353. The summed E-state index contributed by atoms with van der Waals surface area (Å²) in [5.41, 5.74) is -1.21. The van der Waals surface area contributed by atoms with Crippen molar-refractivity contribution in [1.82, 2.24) is 10.2 Å². The summed E-state index contributed by atoms with van der Waals surface area (Å²) in [5.74, 6) is 0. The maximum absolute atomic E-state index is 12.0. The maximum atomic E-state index is 12.0. The maximum Gasteiger partial charge on any atom is 0.410 e. The van der Waals surface area contributed by atoms with E-state index < -0.39 is 11.2 Å². The number of piperidine rings is 1. The van der Waals surface area contributed by atoms with Crippen molar-refractivity contribution in [1.29, 1.82) is 0 Å². The molecule has 2 heterocycles. The predicted molar refractivity (Wildman–Crippen MR) is 79.2 cm³/mol. The van der Waals surface area contributed by atoms with Crippen molar-refractivity contribution in [2.24, 2.45) is 0 Å². The van der Waals surface area contributed by atoms with Crippen molar-refractivity contribution in [2.75, 3.05) is 32.8 Å². The zero-order valence-corrected chi connectivity index (χ0v) is 13.4. The largest absolute Gasteiger partial charge is 0.444 e. The Morgan fingerprint density at radius 1 is 1.43 bits per heavy atom. The van der Waals surface area contributed by atoms with Gasteiger partial charge in [-0.1, -0.05) is 0 Å². The number of ether oxygens (including phenoxy) is 2. The first-order valence-corrected chi connectivity index (χ1v) is 7.79. The molecule has 0 aliphatic carbocycles. The lowest BCUT2D eigenvalue weighted by atomic mass is 9.91. The Balaban J connectivity index is 1.74. The van der Waals surface area contributed by atoms with E-state index >= 15 is 0 Å². The fourth-order valence-electron chi connectivity index (χ4n) is 2.64. The Labute approximate surface area is 126 Å². The Morgan fingerprint density at radius 2 is 2.10 bits per heavy atom. The highest BCUT2D eigenvalue weighted by Gasteiger charge is 2.35. The topological polar surface area (TPSA) is 71.0 Å². The molecule has 2 fully saturated rings. The molecule has 0 saturated carbocycles. The molecule has 6 heteroatoms. The summed E-state index contributed by atoms with van der Waals surface area (Å²) >= 11 is 0. The van der Waals surface area contributed by atoms with E-state index in [0.29, 0.717) is 38.5 Å². The average Bonchev–Trinajstić information content (AvgIpc) is 2.88. The zero-order chi connectivity index (χ0) is 15.5. The minimum absolute atomic E-state index is 0.290. The molecular formula is C15H28N2O4. The Hall–Kier alpha value is -0.850. The lowest BCUT2D eigenvalue weighted by Crippen LogP contribution is -2.53. The van der Waals surface area contributed by atoms with Gasteiger partial charge < -0.3 is 24.8 Å². The van der Waals surface area contributed by atoms with E-state index in [1.54, 1.807) is 4.90 Å². The van der Waals surface area contributed by atoms with Gasteiger partial charge in [-0.25, -0.2) is 4.79 Å². The molecule has 2 N–H and O–H groups in total. The summed E-state index contributed by atoms with van der Waals surface area (Å²) in [6.45, 7) is 8.73. The number of nitrogens with zero attached hydrogens (tertiary/aromatic N) is 1. The number of likely N-dealkylation sites (tertiary alicyclic amines) is 1. The first kappa shape index (κ1) is 16.5. The summed E-state index contributed by atoms with van der Waals surface area (Å²) in [4.78, 5) is 13.7. The first-order valence-electron chi connectivity index (χ1n) is 7.79. The van der Waals surface area contributed by atoms with Gasteiger partial charge in [0.2, 0.25) is 0 Å². The summed E-state index contributed by atoms with van der Waals surface area (Å²) in [6.07, 6.45) is 1.86. The predicted octanol–water partition coefficient (Wildman–Crippen LogP) is 1.13. The third kappa shape index (κ3) is 5.13. The van der Waals surface area contributed by atoms with Crippen molar-refractivity contribution < 1.29 is 19.4 Å². The lowest BCUT2D eigenvalue weighted by Gasteiger charge is -2.39. The molecule has 1 atom stereocenters. The van der Waals surface area contributed by atoms with Crippen LogP contribution in [0.2, 0.25) is 0 Å². The monoisotopic (exact) mass is 300 g/mol. The number of rotatable bonds is 3. The molecule has 1 amide bonds. The smallest absolute Gasteiger partial charge is 0.410 e. The van der Waals surface area contributed by atoms with Crippen LogP contribution in [-0.4, -0.2) is 66.2 Å². The van der Waals surface area contributed by atoms with E-state index in [1.165, 1.54) is 0 Å². The molecule has 0 aromatic carbocycles. The molecule has 21 heavy (non-hydrogen) atoms. The molecule has 0 radical (unpaired) electrons. The number of hydrogen-bond acceptors (Lipinski definition) is 5. The number of carbonyl (C=O) groups excluding carboxylic acids is 1. The Kier molecular flexibility index (Phi) is 5.11. The van der Waals surface area contributed by atoms with Gasteiger partial charge in [0, 0.05) is 32.3 Å². The van der Waals surface area contributed by atoms with Crippen LogP contribution >= 0.6 is 0 Å². The first-order chi connectivity index (χ1) is 9.77. The van der Waals surface area contributed by atoms with Crippen molar-refractivity contribution in [3.05, 3.63) is 0 Å². The quantitative estimate of drug-likeness (QED) is 0.817. The van der Waals surface area contributed by atoms with Crippen LogP contribution in [-0.2, 0) is 9.47 Å². The van der Waals surface area contributed by atoms with Crippen molar-refractivity contribution in [2.45, 2.75) is 57.3 Å². The highest BCUT2D eigenvalue weighted by atomic mass is 16.6. The van der Waals surface area contributed by atoms with Gasteiger partial charge in [0.25, 0.3) is 0 Å². The fraction of sp³-hybridized carbons (Fsp3) is 0.933. The highest BCUT2D eigenvalue weighted by molar-refractivity contribution is 5.68. The van der Waals surface area contributed by atoms with Gasteiger partial charge in [0.05, 0.1) is 12.2 Å². The second-order valence-electron chi connectivity index (χ2n) is 7.13. The van der Waals surface area contributed by atoms with Crippen LogP contribution in [0.25, 0.3) is 0 Å². The standard InChI is InChI=1S/C15H28N2O4/c1-14(2,3)21-13(18)17-7-5-15(19,6-8-17)11-16-12-4-9-20-10-12/h12,16,19H,4-11H2,1-3H3. The van der Waals surface area contributed by atoms with Crippen LogP contribution in [0.4, 0.5) is 4.79 Å². The van der Waals surface area contributed by atoms with Crippen LogP contribution in [0.15, 0.2) is 0 Å². The van der Waals surface area contributed by atoms with E-state index in [2.05, 4.69) is 5.32 Å². The molecule has 1 unspecified atom stereocenters. The van der Waals surface area contributed by atoms with Crippen LogP contribution < -0.4 is 5.32 Å². The third-order valence-corrected chi connectivity index (χ3v) is 4.00. The number of nitrogens with one attached hydrogen (secondary N) is 1. The summed E-state index contributed by atoms with van der Waals surface area (Å²) < 4.78 is 10.7. The van der Waals surface area contributed by atoms with E-state index in [9.17, 15) is 9.90 Å². The number of amides is 1. The molecule has 122 valence electrons. The van der Waals surface area contributed by atoms with Crippen molar-refractivity contribution in [3.63, 3.8) is 0 Å². The van der Waals surface area contributed by atoms with Gasteiger partial charge in [-0.2, -0.15) is 0 Å². The van der Waals surface area contributed by atoms with Crippen LogP contribution in [0, 0.1) is 0 Å². The van der Waals surface area contributed by atoms with Gasteiger partial charge >= 0.3 is 6.09 Å². The third-order valence-electron chi connectivity index (χ3n) is 4.00. The average molecular weight is 300 g/mol. The fourth-order valence-corrected chi connectivity index (χ4v) is 2.64. The molecule has 2 saturated heterocycles. The van der Waals surface area contributed by atoms with E-state index in [0.717, 1.165) is 19.6 Å². The van der Waals surface area contributed by atoms with Gasteiger partial charge in [-0.15, -0.1) is 0 Å². The molecule has 0 aromatic rings. The zero-order valence-electron chi connectivity index (χ0n) is 13.4. The molecule has 0 bridgehead atoms. The summed E-state index contributed by atoms with van der Waals surface area (Å²) in [6, 6.07) is 0.345.